The standard InChI is InChI=1S/C8H6BrIO3/c9-6-2-1-5(3-7(6)10)13-4-8(11)12/h1-3H,4H2,(H,11,12). The highest BCUT2D eigenvalue weighted by Crippen LogP contribution is 2.23. The summed E-state index contributed by atoms with van der Waals surface area (Å²) >= 11 is 5.46. The van der Waals surface area contributed by atoms with Gasteiger partial charge in [0.15, 0.2) is 6.61 Å². The van der Waals surface area contributed by atoms with Gasteiger partial charge in [-0.3, -0.25) is 0 Å². The molecular weight excluding hydrogens is 351 g/mol. The molecule has 5 heteroatoms. The highest BCUT2D eigenvalue weighted by molar-refractivity contribution is 14.1. The van der Waals surface area contributed by atoms with Gasteiger partial charge in [0.25, 0.3) is 0 Å². The Hall–Kier alpha value is -0.300. The molecule has 0 aromatic heterocycles. The molecule has 1 aromatic carbocycles. The van der Waals surface area contributed by atoms with Crippen molar-refractivity contribution in [3.63, 3.8) is 0 Å². The van der Waals surface area contributed by atoms with Crippen LogP contribution in [0.1, 0.15) is 0 Å². The van der Waals surface area contributed by atoms with Crippen molar-refractivity contribution in [1.82, 2.24) is 0 Å². The lowest BCUT2D eigenvalue weighted by molar-refractivity contribution is -0.139. The fourth-order valence-electron chi connectivity index (χ4n) is 0.712. The van der Waals surface area contributed by atoms with Gasteiger partial charge >= 0.3 is 5.97 Å². The summed E-state index contributed by atoms with van der Waals surface area (Å²) in [7, 11) is 0. The lowest BCUT2D eigenvalue weighted by Crippen LogP contribution is -2.09. The molecule has 0 aliphatic heterocycles. The van der Waals surface area contributed by atoms with Gasteiger partial charge in [0, 0.05) is 8.04 Å². The third-order valence-electron chi connectivity index (χ3n) is 1.25. The molecule has 0 saturated carbocycles. The number of carbonyl (C=O) groups is 1. The lowest BCUT2D eigenvalue weighted by Gasteiger charge is -2.03. The molecule has 0 aliphatic carbocycles. The van der Waals surface area contributed by atoms with Crippen LogP contribution in [0.3, 0.4) is 0 Å². The average Bonchev–Trinajstić information content (AvgIpc) is 2.07. The Bertz CT molecular complexity index is 327. The van der Waals surface area contributed by atoms with E-state index in [1.165, 1.54) is 0 Å². The molecule has 3 nitrogen and oxygen atoms in total. The normalized spacial score (nSPS) is 9.69. The van der Waals surface area contributed by atoms with E-state index in [4.69, 9.17) is 9.84 Å². The second-order valence-electron chi connectivity index (χ2n) is 2.26. The predicted octanol–water partition coefficient (Wildman–Crippen LogP) is 2.52. The fourth-order valence-corrected chi connectivity index (χ4v) is 1.45. The summed E-state index contributed by atoms with van der Waals surface area (Å²) in [6.45, 7) is -0.308. The number of rotatable bonds is 3. The maximum atomic E-state index is 10.2. The molecule has 0 heterocycles. The van der Waals surface area contributed by atoms with E-state index in [9.17, 15) is 4.79 Å². The van der Waals surface area contributed by atoms with Crippen LogP contribution in [-0.2, 0) is 4.79 Å². The summed E-state index contributed by atoms with van der Waals surface area (Å²) < 4.78 is 6.93. The van der Waals surface area contributed by atoms with E-state index in [1.807, 2.05) is 6.07 Å². The number of benzene rings is 1. The maximum absolute atomic E-state index is 10.2. The minimum Gasteiger partial charge on any atom is -0.482 e. The third kappa shape index (κ3) is 3.51. The van der Waals surface area contributed by atoms with Gasteiger partial charge < -0.3 is 9.84 Å². The number of hydrogen-bond donors (Lipinski definition) is 1. The summed E-state index contributed by atoms with van der Waals surface area (Å²) in [6, 6.07) is 5.31. The molecule has 70 valence electrons. The third-order valence-corrected chi connectivity index (χ3v) is 3.58. The number of carboxylic acids is 1. The van der Waals surface area contributed by atoms with E-state index in [2.05, 4.69) is 38.5 Å². The number of halogens is 2. The summed E-state index contributed by atoms with van der Waals surface area (Å²) in [5, 5.41) is 8.36. The minimum absolute atomic E-state index is 0.308. The lowest BCUT2D eigenvalue weighted by atomic mass is 10.3. The van der Waals surface area contributed by atoms with Crippen LogP contribution in [0.5, 0.6) is 5.75 Å². The van der Waals surface area contributed by atoms with Crippen molar-refractivity contribution in [2.45, 2.75) is 0 Å². The first-order chi connectivity index (χ1) is 6.09. The summed E-state index contributed by atoms with van der Waals surface area (Å²) in [5.41, 5.74) is 0. The van der Waals surface area contributed by atoms with Crippen LogP contribution in [0.25, 0.3) is 0 Å². The van der Waals surface area contributed by atoms with Gasteiger partial charge in [-0.05, 0) is 56.7 Å². The monoisotopic (exact) mass is 356 g/mol. The first kappa shape index (κ1) is 10.8. The van der Waals surface area contributed by atoms with Gasteiger partial charge in [-0.1, -0.05) is 0 Å². The molecule has 0 atom stereocenters. The van der Waals surface area contributed by atoms with Crippen LogP contribution in [-0.4, -0.2) is 17.7 Å². The number of aliphatic carboxylic acids is 1. The molecule has 0 radical (unpaired) electrons. The van der Waals surface area contributed by atoms with Crippen LogP contribution in [0, 0.1) is 3.57 Å². The van der Waals surface area contributed by atoms with Gasteiger partial charge in [0.2, 0.25) is 0 Å². The van der Waals surface area contributed by atoms with Gasteiger partial charge in [-0.2, -0.15) is 0 Å². The van der Waals surface area contributed by atoms with Crippen LogP contribution in [0.2, 0.25) is 0 Å². The van der Waals surface area contributed by atoms with Crippen molar-refractivity contribution < 1.29 is 14.6 Å². The summed E-state index contributed by atoms with van der Waals surface area (Å²) in [6.07, 6.45) is 0. The molecule has 0 unspecified atom stereocenters. The van der Waals surface area contributed by atoms with Crippen LogP contribution < -0.4 is 4.74 Å². The Kier molecular flexibility index (Phi) is 3.98. The molecule has 1 N–H and O–H groups in total. The smallest absolute Gasteiger partial charge is 0.341 e. The molecule has 0 fully saturated rings. The van der Waals surface area contributed by atoms with E-state index in [-0.39, 0.29) is 6.61 Å². The van der Waals surface area contributed by atoms with E-state index < -0.39 is 5.97 Å². The molecule has 1 aromatic rings. The Labute approximate surface area is 97.4 Å². The van der Waals surface area contributed by atoms with Gasteiger partial charge in [0.1, 0.15) is 5.75 Å². The second kappa shape index (κ2) is 4.80. The average molecular weight is 357 g/mol. The molecule has 1 rings (SSSR count). The Balaban J connectivity index is 2.68. The molecule has 0 amide bonds. The molecule has 0 spiro atoms. The largest absolute Gasteiger partial charge is 0.482 e. The Morgan fingerprint density at radius 2 is 2.31 bits per heavy atom. The zero-order valence-electron chi connectivity index (χ0n) is 6.46. The van der Waals surface area contributed by atoms with Crippen LogP contribution in [0.4, 0.5) is 0 Å². The Morgan fingerprint density at radius 1 is 1.62 bits per heavy atom. The minimum atomic E-state index is -0.974. The topological polar surface area (TPSA) is 46.5 Å². The van der Waals surface area contributed by atoms with Crippen molar-refractivity contribution in [2.24, 2.45) is 0 Å². The van der Waals surface area contributed by atoms with Gasteiger partial charge in [0.05, 0.1) is 0 Å². The number of carboxylic acid groups (broad SMARTS) is 1. The molecule has 0 saturated heterocycles. The zero-order chi connectivity index (χ0) is 9.84. The van der Waals surface area contributed by atoms with Gasteiger partial charge in [-0.25, -0.2) is 4.79 Å². The van der Waals surface area contributed by atoms with Crippen molar-refractivity contribution in [3.8, 4) is 5.75 Å². The van der Waals surface area contributed by atoms with Crippen molar-refractivity contribution in [3.05, 3.63) is 26.2 Å². The van der Waals surface area contributed by atoms with Crippen molar-refractivity contribution >= 4 is 44.5 Å². The highest BCUT2D eigenvalue weighted by Gasteiger charge is 2.01. The zero-order valence-corrected chi connectivity index (χ0v) is 10.2. The van der Waals surface area contributed by atoms with E-state index >= 15 is 0 Å². The molecule has 0 aliphatic rings. The van der Waals surface area contributed by atoms with E-state index in [0.29, 0.717) is 5.75 Å². The van der Waals surface area contributed by atoms with Crippen molar-refractivity contribution in [2.75, 3.05) is 6.61 Å². The van der Waals surface area contributed by atoms with E-state index in [0.717, 1.165) is 8.04 Å². The summed E-state index contributed by atoms with van der Waals surface area (Å²) in [5.74, 6) is -0.409. The van der Waals surface area contributed by atoms with Crippen LogP contribution >= 0.6 is 38.5 Å². The summed E-state index contributed by atoms with van der Waals surface area (Å²) in [4.78, 5) is 10.2. The SMILES string of the molecule is O=C(O)COc1ccc(Br)c(I)c1. The number of hydrogen-bond acceptors (Lipinski definition) is 2. The number of ether oxygens (including phenoxy) is 1. The maximum Gasteiger partial charge on any atom is 0.341 e. The Morgan fingerprint density at radius 3 is 2.85 bits per heavy atom. The quantitative estimate of drug-likeness (QED) is 0.846. The molecular formula is C8H6BrIO3. The van der Waals surface area contributed by atoms with Gasteiger partial charge in [-0.15, -0.1) is 0 Å². The molecule has 13 heavy (non-hydrogen) atoms. The fraction of sp³-hybridized carbons (Fsp3) is 0.125. The van der Waals surface area contributed by atoms with E-state index in [1.54, 1.807) is 12.1 Å². The first-order valence-electron chi connectivity index (χ1n) is 3.39. The molecule has 0 bridgehead atoms. The van der Waals surface area contributed by atoms with Crippen molar-refractivity contribution in [1.29, 1.82) is 0 Å². The first-order valence-corrected chi connectivity index (χ1v) is 5.26. The van der Waals surface area contributed by atoms with Crippen LogP contribution in [0.15, 0.2) is 22.7 Å². The predicted molar refractivity (Wildman–Crippen MR) is 60.0 cm³/mol. The highest BCUT2D eigenvalue weighted by atomic mass is 127. The second-order valence-corrected chi connectivity index (χ2v) is 4.27.